The van der Waals surface area contributed by atoms with Crippen LogP contribution in [0.3, 0.4) is 0 Å². The van der Waals surface area contributed by atoms with Crippen molar-refractivity contribution >= 4 is 23.4 Å². The van der Waals surface area contributed by atoms with Crippen molar-refractivity contribution < 1.29 is 19.1 Å². The lowest BCUT2D eigenvalue weighted by atomic mass is 9.81. The monoisotopic (exact) mass is 533 g/mol. The molecule has 1 unspecified atom stereocenters. The second kappa shape index (κ2) is 11.4. The third-order valence-electron chi connectivity index (χ3n) is 7.89. The normalized spacial score (nSPS) is 20.7. The Morgan fingerprint density at radius 1 is 1.23 bits per heavy atom. The van der Waals surface area contributed by atoms with Gasteiger partial charge in [0.2, 0.25) is 11.6 Å². The number of esters is 1. The molecule has 3 aromatic rings. The SMILES string of the molecule is CCOC(=O)C1(Cc2c#cc3nc([C@@H](NC(=O)c4ccnn4CC)C4CCCCCC4)cn3n2)CCNC1=O. The molecule has 206 valence electrons. The molecule has 0 radical (unpaired) electrons. The Morgan fingerprint density at radius 2 is 2.03 bits per heavy atom. The second-order valence-corrected chi connectivity index (χ2v) is 10.4. The molecule has 4 heterocycles. The Bertz CT molecular complexity index is 1340. The van der Waals surface area contributed by atoms with Crippen LogP contribution in [0.2, 0.25) is 0 Å². The van der Waals surface area contributed by atoms with Gasteiger partial charge in [0.05, 0.1) is 24.5 Å². The standard InChI is InChI=1S/C28H35N7O4/c1-3-34-22(13-15-30-34)25(36)32-24(19-9-7-5-6-8-10-19)21-18-35-23(31-21)12-11-20(33-35)17-28(27(38)39-4-2)14-16-29-26(28)37/h13,15,18-19,24H,3-10,14,16-17H2,1-2H3,(H,29,37)(H,32,36)/t24-,28?/m0/s1. The van der Waals surface area contributed by atoms with E-state index in [1.807, 2.05) is 13.1 Å². The quantitative estimate of drug-likeness (QED) is 0.245. The van der Waals surface area contributed by atoms with Crippen LogP contribution < -0.4 is 10.6 Å². The number of aromatic nitrogens is 5. The number of carbonyl (C=O) groups excluding carboxylic acids is 3. The maximum absolute atomic E-state index is 13.3. The molecule has 1 saturated heterocycles. The fraction of sp³-hybridized carbons (Fsp3) is 0.571. The van der Waals surface area contributed by atoms with Gasteiger partial charge in [0.25, 0.3) is 5.91 Å². The minimum absolute atomic E-state index is 0.0570. The zero-order chi connectivity index (χ0) is 27.4. The Kier molecular flexibility index (Phi) is 7.82. The van der Waals surface area contributed by atoms with E-state index in [-0.39, 0.29) is 36.8 Å². The van der Waals surface area contributed by atoms with E-state index >= 15 is 0 Å². The molecular formula is C28H35N7O4. The van der Waals surface area contributed by atoms with Crippen LogP contribution in [-0.2, 0) is 27.3 Å². The molecule has 1 aliphatic heterocycles. The number of nitrogens with zero attached hydrogens (tertiary/aromatic N) is 5. The molecule has 5 rings (SSSR count). The van der Waals surface area contributed by atoms with Crippen molar-refractivity contribution in [2.45, 2.75) is 77.8 Å². The third-order valence-corrected chi connectivity index (χ3v) is 7.89. The number of fused-ring (bicyclic) bond motifs is 1. The summed E-state index contributed by atoms with van der Waals surface area (Å²) in [7, 11) is 0. The first-order valence-electron chi connectivity index (χ1n) is 13.9. The fourth-order valence-corrected chi connectivity index (χ4v) is 5.80. The number of carbonyl (C=O) groups is 3. The number of imidazole rings is 1. The number of nitrogens with one attached hydrogen (secondary N) is 2. The molecule has 2 fully saturated rings. The van der Waals surface area contributed by atoms with Crippen molar-refractivity contribution in [1.82, 2.24) is 35.0 Å². The summed E-state index contributed by atoms with van der Waals surface area (Å²) < 4.78 is 8.51. The molecule has 2 aliphatic rings. The van der Waals surface area contributed by atoms with E-state index in [1.165, 1.54) is 12.8 Å². The first-order valence-corrected chi connectivity index (χ1v) is 13.9. The van der Waals surface area contributed by atoms with Crippen molar-refractivity contribution in [1.29, 1.82) is 0 Å². The zero-order valence-electron chi connectivity index (χ0n) is 22.5. The predicted octanol–water partition coefficient (Wildman–Crippen LogP) is 2.60. The molecule has 11 nitrogen and oxygen atoms in total. The zero-order valence-corrected chi connectivity index (χ0v) is 22.5. The van der Waals surface area contributed by atoms with Crippen molar-refractivity contribution in [2.75, 3.05) is 13.2 Å². The highest BCUT2D eigenvalue weighted by molar-refractivity contribution is 6.04. The smallest absolute Gasteiger partial charge is 0.322 e. The molecule has 0 bridgehead atoms. The van der Waals surface area contributed by atoms with Gasteiger partial charge in [0.1, 0.15) is 11.4 Å². The summed E-state index contributed by atoms with van der Waals surface area (Å²) in [4.78, 5) is 43.6. The fourth-order valence-electron chi connectivity index (χ4n) is 5.80. The average molecular weight is 534 g/mol. The minimum Gasteiger partial charge on any atom is -0.465 e. The summed E-state index contributed by atoms with van der Waals surface area (Å²) in [6, 6.07) is 7.45. The van der Waals surface area contributed by atoms with Gasteiger partial charge >= 0.3 is 5.97 Å². The van der Waals surface area contributed by atoms with E-state index in [0.717, 1.165) is 25.7 Å². The second-order valence-electron chi connectivity index (χ2n) is 10.4. The van der Waals surface area contributed by atoms with Crippen LogP contribution in [0.15, 0.2) is 18.5 Å². The van der Waals surface area contributed by atoms with Gasteiger partial charge in [0, 0.05) is 25.7 Å². The van der Waals surface area contributed by atoms with Crippen LogP contribution in [-0.4, -0.2) is 55.3 Å². The highest BCUT2D eigenvalue weighted by Gasteiger charge is 2.51. The molecule has 2 N–H and O–H groups in total. The van der Waals surface area contributed by atoms with Gasteiger partial charge in [-0.15, -0.1) is 0 Å². The van der Waals surface area contributed by atoms with E-state index in [0.29, 0.717) is 42.2 Å². The number of rotatable bonds is 9. The van der Waals surface area contributed by atoms with Gasteiger partial charge in [-0.2, -0.15) is 10.2 Å². The number of hydrogen-bond donors (Lipinski definition) is 2. The summed E-state index contributed by atoms with van der Waals surface area (Å²) in [6.45, 7) is 4.86. The summed E-state index contributed by atoms with van der Waals surface area (Å²) in [6.07, 6.45) is 10.4. The lowest BCUT2D eigenvalue weighted by molar-refractivity contribution is -0.159. The van der Waals surface area contributed by atoms with E-state index in [1.54, 1.807) is 28.4 Å². The molecule has 1 aliphatic carbocycles. The predicted molar refractivity (Wildman–Crippen MR) is 140 cm³/mol. The average Bonchev–Trinajstić information content (AvgIpc) is 3.61. The van der Waals surface area contributed by atoms with Crippen LogP contribution in [0, 0.1) is 23.5 Å². The van der Waals surface area contributed by atoms with E-state index in [4.69, 9.17) is 9.72 Å². The molecule has 0 aromatic carbocycles. The topological polar surface area (TPSA) is 133 Å². The third kappa shape index (κ3) is 5.33. The van der Waals surface area contributed by atoms with Crippen LogP contribution >= 0.6 is 0 Å². The van der Waals surface area contributed by atoms with Gasteiger partial charge in [-0.3, -0.25) is 19.1 Å². The van der Waals surface area contributed by atoms with Gasteiger partial charge in [-0.1, -0.05) is 25.7 Å². The van der Waals surface area contributed by atoms with Gasteiger partial charge < -0.3 is 15.4 Å². The summed E-state index contributed by atoms with van der Waals surface area (Å²) >= 11 is 0. The lowest BCUT2D eigenvalue weighted by Crippen LogP contribution is -2.42. The first-order chi connectivity index (χ1) is 18.9. The maximum atomic E-state index is 13.3. The molecule has 0 spiro atoms. The van der Waals surface area contributed by atoms with Crippen LogP contribution in [0.5, 0.6) is 0 Å². The number of ether oxygens (including phenoxy) is 1. The van der Waals surface area contributed by atoms with Crippen molar-refractivity contribution in [3.8, 4) is 0 Å². The first kappa shape index (κ1) is 26.7. The van der Waals surface area contributed by atoms with E-state index < -0.39 is 11.4 Å². The van der Waals surface area contributed by atoms with Crippen molar-refractivity contribution in [2.24, 2.45) is 11.3 Å². The van der Waals surface area contributed by atoms with Crippen molar-refractivity contribution in [3.63, 3.8) is 0 Å². The molecule has 1 saturated carbocycles. The summed E-state index contributed by atoms with van der Waals surface area (Å²) in [5, 5.41) is 14.9. The highest BCUT2D eigenvalue weighted by Crippen LogP contribution is 2.34. The summed E-state index contributed by atoms with van der Waals surface area (Å²) in [5.41, 5.74) is 0.758. The number of aryl methyl sites for hydroxylation is 1. The molecule has 3 aromatic heterocycles. The lowest BCUT2D eigenvalue weighted by Gasteiger charge is -2.26. The number of amides is 2. The van der Waals surface area contributed by atoms with Crippen LogP contribution in [0.4, 0.5) is 0 Å². The van der Waals surface area contributed by atoms with Crippen LogP contribution in [0.25, 0.3) is 5.65 Å². The molecular weight excluding hydrogens is 498 g/mol. The van der Waals surface area contributed by atoms with Crippen LogP contribution in [0.1, 0.15) is 86.7 Å². The minimum atomic E-state index is -1.33. The molecule has 2 amide bonds. The highest BCUT2D eigenvalue weighted by atomic mass is 16.5. The largest absolute Gasteiger partial charge is 0.465 e. The van der Waals surface area contributed by atoms with Gasteiger partial charge in [-0.05, 0) is 57.2 Å². The van der Waals surface area contributed by atoms with Crippen molar-refractivity contribution in [3.05, 3.63) is 47.7 Å². The Hall–Kier alpha value is -3.94. The van der Waals surface area contributed by atoms with E-state index in [9.17, 15) is 14.4 Å². The summed E-state index contributed by atoms with van der Waals surface area (Å²) in [5.74, 6) is -0.861. The van der Waals surface area contributed by atoms with Gasteiger partial charge in [-0.25, -0.2) is 9.50 Å². The molecule has 39 heavy (non-hydrogen) atoms. The molecule has 11 heteroatoms. The molecule has 2 atom stereocenters. The number of hydrogen-bond acceptors (Lipinski definition) is 7. The van der Waals surface area contributed by atoms with Gasteiger partial charge in [0.15, 0.2) is 5.41 Å². The Balaban J connectivity index is 1.45. The maximum Gasteiger partial charge on any atom is 0.322 e. The Morgan fingerprint density at radius 3 is 2.72 bits per heavy atom. The van der Waals surface area contributed by atoms with E-state index in [2.05, 4.69) is 33.0 Å². The Labute approximate surface area is 227 Å².